The zero-order chi connectivity index (χ0) is 0. The largest absolute Gasteiger partial charge is 0 e. The van der Waals surface area contributed by atoms with Gasteiger partial charge in [0, 0.05) is 121 Å². The maximum absolute atomic E-state index is 0. The van der Waals surface area contributed by atoms with Gasteiger partial charge in [0.25, 0.3) is 0 Å². The van der Waals surface area contributed by atoms with Crippen LogP contribution < -0.4 is 0 Å². The first-order valence-electron chi connectivity index (χ1n) is 0. The van der Waals surface area contributed by atoms with Gasteiger partial charge in [-0.1, -0.05) is 0 Å². The number of rotatable bonds is 0. The van der Waals surface area contributed by atoms with Crippen molar-refractivity contribution in [2.24, 2.45) is 0 Å². The van der Waals surface area contributed by atoms with Crippen LogP contribution in [-0.2, 0) is 114 Å². The molecule has 0 aromatic heterocycles. The van der Waals surface area contributed by atoms with Crippen molar-refractivity contribution in [2.75, 3.05) is 0 Å². The van der Waals surface area contributed by atoms with Crippen LogP contribution in [0.5, 0.6) is 0 Å². The molecule has 6 heavy (non-hydrogen) atoms. The summed E-state index contributed by atoms with van der Waals surface area (Å²) in [6, 6.07) is 0. The monoisotopic (exact) mass is 522 g/mol. The topological polar surface area (TPSA) is 0 Å². The zero-order valence-corrected chi connectivity index (χ0v) is 14.2. The number of hydrogen-bond donors (Lipinski definition) is 0. The molecule has 0 saturated carbocycles. The van der Waals surface area contributed by atoms with E-state index in [1.54, 1.807) is 0 Å². The van der Waals surface area contributed by atoms with E-state index >= 15 is 0 Å². The van der Waals surface area contributed by atoms with Gasteiger partial charge in [0.05, 0.1) is 0 Å². The Hall–Kier alpha value is 3.77. The van der Waals surface area contributed by atoms with E-state index in [0.29, 0.717) is 0 Å². The second kappa shape index (κ2) is 37.3. The van der Waals surface area contributed by atoms with E-state index in [0.717, 1.165) is 0 Å². The van der Waals surface area contributed by atoms with E-state index in [1.807, 2.05) is 0 Å². The average Bonchev–Trinajstić information content (AvgIpc) is 0. The fourth-order valence-corrected chi connectivity index (χ4v) is 0. The van der Waals surface area contributed by atoms with Crippen molar-refractivity contribution < 1.29 is 114 Å². The molecule has 0 aliphatic heterocycles. The van der Waals surface area contributed by atoms with E-state index < -0.39 is 0 Å². The second-order valence-corrected chi connectivity index (χ2v) is 0. The summed E-state index contributed by atoms with van der Waals surface area (Å²) < 4.78 is 0. The Labute approximate surface area is 119 Å². The molecule has 0 bridgehead atoms. The fraction of sp³-hybridized carbons (Fsp3) is 0. The zero-order valence-electron chi connectivity index (χ0n) is 2.80. The van der Waals surface area contributed by atoms with Gasteiger partial charge < -0.3 is 0 Å². The van der Waals surface area contributed by atoms with Gasteiger partial charge in [-0.05, 0) is 0 Å². The molecule has 0 heterocycles. The molecule has 0 rings (SSSR count). The van der Waals surface area contributed by atoms with Crippen LogP contribution in [0.15, 0.2) is 0 Å². The summed E-state index contributed by atoms with van der Waals surface area (Å²) in [7, 11) is 0. The molecule has 28 valence electrons. The van der Waals surface area contributed by atoms with E-state index in [4.69, 9.17) is 0 Å². The van der Waals surface area contributed by atoms with Crippen molar-refractivity contribution >= 4 is 0 Å². The Balaban J connectivity index is 0. The third-order valence-electron chi connectivity index (χ3n) is 0. The van der Waals surface area contributed by atoms with E-state index in [9.17, 15) is 0 Å². The standard InChI is InChI=1S/C.Mo.Nb.Ta.Ti.Zr. The van der Waals surface area contributed by atoms with Crippen LogP contribution in [0, 0.1) is 7.43 Å². The molecule has 0 unspecified atom stereocenters. The molecule has 0 aliphatic carbocycles. The van der Waals surface area contributed by atoms with Crippen molar-refractivity contribution in [1.82, 2.24) is 0 Å². The van der Waals surface area contributed by atoms with Crippen molar-refractivity contribution in [3.8, 4) is 0 Å². The van der Waals surface area contributed by atoms with E-state index in [1.165, 1.54) is 0 Å². The Morgan fingerprint density at radius 3 is 1.00 bits per heavy atom. The molecule has 0 aromatic rings. The van der Waals surface area contributed by atoms with Crippen LogP contribution in [0.4, 0.5) is 0 Å². The van der Waals surface area contributed by atoms with Crippen LogP contribution in [0.2, 0.25) is 0 Å². The molecule has 0 spiro atoms. The molecule has 0 aliphatic rings. The van der Waals surface area contributed by atoms with Crippen LogP contribution >= 0.6 is 0 Å². The average molecular weight is 521 g/mol. The molecular weight excluding hydrogens is 521 g/mol. The normalized spacial score (nSPS) is 0. The minimum atomic E-state index is 0. The summed E-state index contributed by atoms with van der Waals surface area (Å²) in [4.78, 5) is 0. The predicted molar refractivity (Wildman–Crippen MR) is 3.24 cm³/mol. The van der Waals surface area contributed by atoms with Crippen molar-refractivity contribution in [2.45, 2.75) is 0 Å². The van der Waals surface area contributed by atoms with Gasteiger partial charge in [-0.15, -0.1) is 0 Å². The van der Waals surface area contributed by atoms with Gasteiger partial charge in [-0.25, -0.2) is 0 Å². The Morgan fingerprint density at radius 1 is 1.00 bits per heavy atom. The van der Waals surface area contributed by atoms with E-state index in [2.05, 4.69) is 0 Å². The maximum atomic E-state index is 0. The molecule has 0 aromatic carbocycles. The first-order valence-corrected chi connectivity index (χ1v) is 0. The van der Waals surface area contributed by atoms with Gasteiger partial charge in [0.1, 0.15) is 0 Å². The molecule has 0 amide bonds. The third-order valence-corrected chi connectivity index (χ3v) is 0. The van der Waals surface area contributed by atoms with Crippen molar-refractivity contribution in [1.29, 1.82) is 0 Å². The molecule has 0 N–H and O–H groups in total. The smallest absolute Gasteiger partial charge is 0 e. The summed E-state index contributed by atoms with van der Waals surface area (Å²) in [5, 5.41) is 0. The maximum Gasteiger partial charge on any atom is 0 e. The van der Waals surface area contributed by atoms with Crippen molar-refractivity contribution in [3.63, 3.8) is 0 Å². The van der Waals surface area contributed by atoms with E-state index in [-0.39, 0.29) is 121 Å². The summed E-state index contributed by atoms with van der Waals surface area (Å²) in [5.74, 6) is 0. The first-order chi connectivity index (χ1) is 0. The molecular formula is CMoNbTaTiZr. The van der Waals surface area contributed by atoms with Crippen molar-refractivity contribution in [3.05, 3.63) is 7.43 Å². The molecule has 0 fully saturated rings. The predicted octanol–water partition coefficient (Wildman–Crippen LogP) is 0.0688. The summed E-state index contributed by atoms with van der Waals surface area (Å²) >= 11 is 0. The number of hydrogen-bond acceptors (Lipinski definition) is 0. The summed E-state index contributed by atoms with van der Waals surface area (Å²) in [6.45, 7) is 0. The molecule has 5 heteroatoms. The van der Waals surface area contributed by atoms with Gasteiger partial charge >= 0.3 is 0 Å². The van der Waals surface area contributed by atoms with Crippen LogP contribution in [0.1, 0.15) is 0 Å². The Kier molecular flexibility index (Phi) is 329. The molecule has 0 nitrogen and oxygen atoms in total. The third kappa shape index (κ3) is 25.1. The first kappa shape index (κ1) is 52.9. The second-order valence-electron chi connectivity index (χ2n) is 0. The molecule has 0 saturated heterocycles. The van der Waals surface area contributed by atoms with Crippen LogP contribution in [0.3, 0.4) is 0 Å². The van der Waals surface area contributed by atoms with Gasteiger partial charge in [-0.2, -0.15) is 0 Å². The Morgan fingerprint density at radius 2 is 1.00 bits per heavy atom. The van der Waals surface area contributed by atoms with Gasteiger partial charge in [0.2, 0.25) is 0 Å². The summed E-state index contributed by atoms with van der Waals surface area (Å²) in [5.41, 5.74) is 0. The Bertz CT molecular complexity index is 15.5. The SMILES string of the molecule is [C].[Mo].[Nb].[Ta].[Ti].[Zr]. The van der Waals surface area contributed by atoms with Crippen LogP contribution in [0.25, 0.3) is 0 Å². The fourth-order valence-electron chi connectivity index (χ4n) is 0. The van der Waals surface area contributed by atoms with Crippen LogP contribution in [-0.4, -0.2) is 0 Å². The molecule has 6 radical (unpaired) electrons. The quantitative estimate of drug-likeness (QED) is 0.397. The molecule has 0 atom stereocenters. The minimum absolute atomic E-state index is 0. The van der Waals surface area contributed by atoms with Gasteiger partial charge in [0.15, 0.2) is 0 Å². The summed E-state index contributed by atoms with van der Waals surface area (Å²) in [6.07, 6.45) is 0. The minimum Gasteiger partial charge on any atom is 0 e. The van der Waals surface area contributed by atoms with Gasteiger partial charge in [-0.3, -0.25) is 0 Å².